The van der Waals surface area contributed by atoms with Crippen molar-refractivity contribution in [3.8, 4) is 44.9 Å². The van der Waals surface area contributed by atoms with Gasteiger partial charge in [-0.2, -0.15) is 0 Å². The van der Waals surface area contributed by atoms with E-state index in [0.717, 1.165) is 56.9 Å². The average Bonchev–Trinajstić information content (AvgIpc) is 0.699. The van der Waals surface area contributed by atoms with Crippen LogP contribution in [-0.4, -0.2) is 24.7 Å². The van der Waals surface area contributed by atoms with E-state index in [2.05, 4.69) is 360 Å². The van der Waals surface area contributed by atoms with Crippen LogP contribution in [0.2, 0.25) is 11.6 Å². The van der Waals surface area contributed by atoms with Crippen molar-refractivity contribution in [2.75, 3.05) is 19.6 Å². The van der Waals surface area contributed by atoms with E-state index in [4.69, 9.17) is 4.74 Å². The largest absolute Gasteiger partial charge is 0.458 e. The lowest BCUT2D eigenvalue weighted by atomic mass is 9.25. The number of para-hydroxylation sites is 6. The monoisotopic (exact) mass is 1210 g/mol. The molecule has 0 bridgehead atoms. The third-order valence-electron chi connectivity index (χ3n) is 19.8. The van der Waals surface area contributed by atoms with Crippen LogP contribution in [0.5, 0.6) is 11.5 Å². The van der Waals surface area contributed by atoms with Gasteiger partial charge in [0.2, 0.25) is 13.4 Å². The predicted octanol–water partition coefficient (Wildman–Crippen LogP) is 19.8. The second-order valence-corrected chi connectivity index (χ2v) is 26.3. The molecular weight excluding hydrogens is 1150 g/mol. The zero-order chi connectivity index (χ0) is 61.5. The number of fused-ring (bicyclic) bond motifs is 8. The molecule has 0 N–H and O–H groups in total. The number of benzene rings is 12. The zero-order valence-electron chi connectivity index (χ0n) is 51.3. The highest BCUT2D eigenvalue weighted by atomic mass is 32.2. The number of aryl methyl sites for hydroxylation is 1. The number of anilines is 8. The second kappa shape index (κ2) is 22.8. The Morgan fingerprint density at radius 1 is 0.430 bits per heavy atom. The van der Waals surface area contributed by atoms with Crippen molar-refractivity contribution in [2.24, 2.45) is 0 Å². The van der Waals surface area contributed by atoms with Gasteiger partial charge < -0.3 is 24.3 Å². The minimum absolute atomic E-state index is 0.00145. The zero-order valence-corrected chi connectivity index (χ0v) is 52.1. The number of hydrogen-bond acceptors (Lipinski definition) is 6. The minimum Gasteiger partial charge on any atom is -0.458 e. The molecule has 6 aliphatic rings. The molecule has 4 aliphatic heterocycles. The maximum Gasteiger partial charge on any atom is 0.228 e. The second-order valence-electron chi connectivity index (χ2n) is 25.1. The van der Waals surface area contributed by atoms with Crippen LogP contribution in [0.1, 0.15) is 5.56 Å². The van der Waals surface area contributed by atoms with Gasteiger partial charge in [0.25, 0.3) is 0 Å². The molecule has 440 valence electrons. The maximum absolute atomic E-state index is 7.31. The first-order valence-corrected chi connectivity index (χ1v) is 33.3. The molecule has 5 nitrogen and oxygen atoms in total. The molecule has 1 saturated heterocycles. The van der Waals surface area contributed by atoms with E-state index >= 15 is 0 Å². The van der Waals surface area contributed by atoms with Gasteiger partial charge in [0.05, 0.1) is 17.4 Å². The van der Waals surface area contributed by atoms with E-state index in [1.54, 1.807) is 0 Å². The summed E-state index contributed by atoms with van der Waals surface area (Å²) < 4.78 is 7.31. The molecular formula is C85H62B2N4OS. The standard InChI is InChI=1S/C85H62B2N4OS/c1-57-26-24-41-70(61-31-12-4-13-32-61)85(57)91-76-56-81-74(55-73(76)86-71-42-20-22-44-75(71)90(65-38-18-7-19-39-65)77-51-68(52-78(91)83(77)86)88(63-34-14-5-15-35-63)64-36-16-6-17-37-64)87-72-43-21-23-45-79(72)92-80-53-69(54-82(93-81)84(80)87)89(66-48-46-60(47-49-66)58-27-8-2-9-28-58)67-40-25-33-62(50-67)59-29-10-3-11-30-59/h2-56,74,78,81,83H,1H3. The molecule has 0 amide bonds. The lowest BCUT2D eigenvalue weighted by molar-refractivity contribution is 0.485. The van der Waals surface area contributed by atoms with Crippen LogP contribution >= 0.6 is 11.8 Å². The fourth-order valence-electron chi connectivity index (χ4n) is 15.9. The summed E-state index contributed by atoms with van der Waals surface area (Å²) in [6.07, 6.45) is 10.6. The van der Waals surface area contributed by atoms with Crippen molar-refractivity contribution in [1.82, 2.24) is 0 Å². The molecule has 0 radical (unpaired) electrons. The van der Waals surface area contributed by atoms with Gasteiger partial charge in [-0.05, 0) is 160 Å². The molecule has 4 heterocycles. The molecule has 4 unspecified atom stereocenters. The molecule has 1 fully saturated rings. The molecule has 12 aromatic rings. The van der Waals surface area contributed by atoms with E-state index in [0.29, 0.717) is 0 Å². The molecule has 93 heavy (non-hydrogen) atoms. The number of nitrogens with zero attached hydrogens (tertiary/aromatic N) is 4. The van der Waals surface area contributed by atoms with Gasteiger partial charge in [-0.1, -0.05) is 236 Å². The van der Waals surface area contributed by atoms with Crippen molar-refractivity contribution >= 4 is 87.1 Å². The molecule has 4 atom stereocenters. The maximum atomic E-state index is 7.31. The van der Waals surface area contributed by atoms with Gasteiger partial charge in [0, 0.05) is 78.8 Å². The van der Waals surface area contributed by atoms with Crippen LogP contribution < -0.4 is 40.7 Å². The molecule has 0 saturated carbocycles. The van der Waals surface area contributed by atoms with Crippen LogP contribution in [0, 0.1) is 6.92 Å². The Hall–Kier alpha value is -10.9. The highest BCUT2D eigenvalue weighted by Gasteiger charge is 2.57. The van der Waals surface area contributed by atoms with E-state index in [1.165, 1.54) is 82.9 Å². The van der Waals surface area contributed by atoms with Gasteiger partial charge >= 0.3 is 0 Å². The van der Waals surface area contributed by atoms with Gasteiger partial charge in [0.1, 0.15) is 11.5 Å². The highest BCUT2D eigenvalue weighted by Crippen LogP contribution is 2.59. The molecule has 8 heteroatoms. The lowest BCUT2D eigenvalue weighted by Crippen LogP contribution is -2.62. The summed E-state index contributed by atoms with van der Waals surface area (Å²) in [7, 11) is 0. The van der Waals surface area contributed by atoms with Gasteiger partial charge in [-0.25, -0.2) is 0 Å². The Labute approximate surface area is 549 Å². The Balaban J connectivity index is 0.875. The Kier molecular flexibility index (Phi) is 13.5. The van der Waals surface area contributed by atoms with E-state index in [-0.39, 0.29) is 36.4 Å². The van der Waals surface area contributed by atoms with E-state index < -0.39 is 0 Å². The number of allylic oxidation sites excluding steroid dienone is 3. The smallest absolute Gasteiger partial charge is 0.228 e. The number of ether oxygens (including phenoxy) is 1. The highest BCUT2D eigenvalue weighted by molar-refractivity contribution is 8.00. The molecule has 0 spiro atoms. The van der Waals surface area contributed by atoms with E-state index in [1.807, 2.05) is 11.8 Å². The SMILES string of the molecule is Cc1cccc(-c2ccccc2)c1N1C2=CC3Sc4cc(N(c5ccc(-c6ccccc6)cc5)c5cccc(-c6ccccc6)c5)cc5c4B(c4ccccc4O5)C3C=C2B2c3ccccc3N(c3ccccc3)C3=CC(N(c4ccccc4)c4ccccc4)=CC1C23. The molecule has 0 aromatic heterocycles. The number of hydrogen-bond donors (Lipinski definition) is 0. The Morgan fingerprint density at radius 3 is 1.71 bits per heavy atom. The van der Waals surface area contributed by atoms with Crippen molar-refractivity contribution in [3.63, 3.8) is 0 Å². The number of rotatable bonds is 11. The fourth-order valence-corrected chi connectivity index (χ4v) is 17.3. The first kappa shape index (κ1) is 55.0. The summed E-state index contributed by atoms with van der Waals surface area (Å²) in [5.74, 6) is 1.89. The van der Waals surface area contributed by atoms with Crippen LogP contribution in [0.25, 0.3) is 33.4 Å². The topological polar surface area (TPSA) is 22.2 Å². The quantitative estimate of drug-likeness (QED) is 0.120. The van der Waals surface area contributed by atoms with Gasteiger partial charge in [-0.15, -0.1) is 11.8 Å². The molecule has 12 aromatic carbocycles. The van der Waals surface area contributed by atoms with Crippen molar-refractivity contribution in [1.29, 1.82) is 0 Å². The fraction of sp³-hybridized carbons (Fsp3) is 0.0588. The Morgan fingerprint density at radius 2 is 1.00 bits per heavy atom. The van der Waals surface area contributed by atoms with Crippen molar-refractivity contribution in [3.05, 3.63) is 362 Å². The Bertz CT molecular complexity index is 4950. The minimum atomic E-state index is -0.153. The van der Waals surface area contributed by atoms with Crippen LogP contribution in [-0.2, 0) is 0 Å². The first-order valence-electron chi connectivity index (χ1n) is 32.4. The summed E-state index contributed by atoms with van der Waals surface area (Å²) >= 11 is 2.00. The summed E-state index contributed by atoms with van der Waals surface area (Å²) in [6.45, 7) is 2.33. The summed E-state index contributed by atoms with van der Waals surface area (Å²) in [6, 6.07) is 113. The van der Waals surface area contributed by atoms with Crippen LogP contribution in [0.3, 0.4) is 0 Å². The van der Waals surface area contributed by atoms with Crippen LogP contribution in [0.15, 0.2) is 361 Å². The average molecular weight is 1210 g/mol. The molecule has 2 aliphatic carbocycles. The number of thioether (sulfide) groups is 1. The van der Waals surface area contributed by atoms with E-state index in [9.17, 15) is 0 Å². The molecule has 18 rings (SSSR count). The third-order valence-corrected chi connectivity index (χ3v) is 21.1. The van der Waals surface area contributed by atoms with Crippen molar-refractivity contribution in [2.45, 2.75) is 34.7 Å². The van der Waals surface area contributed by atoms with Gasteiger partial charge in [0.15, 0.2) is 0 Å². The lowest BCUT2D eigenvalue weighted by Gasteiger charge is -2.56. The third kappa shape index (κ3) is 9.33. The van der Waals surface area contributed by atoms with Gasteiger partial charge in [-0.3, -0.25) is 0 Å². The summed E-state index contributed by atoms with van der Waals surface area (Å²) in [5, 5.41) is 0.0330. The summed E-state index contributed by atoms with van der Waals surface area (Å²) in [5.41, 5.74) is 26.2. The normalized spacial score (nSPS) is 17.7. The summed E-state index contributed by atoms with van der Waals surface area (Å²) in [4.78, 5) is 11.5. The van der Waals surface area contributed by atoms with Crippen molar-refractivity contribution < 1.29 is 4.74 Å². The predicted molar refractivity (Wildman–Crippen MR) is 391 cm³/mol. The first-order chi connectivity index (χ1) is 46.1. The van der Waals surface area contributed by atoms with Crippen LogP contribution in [0.4, 0.5) is 45.5 Å².